The van der Waals surface area contributed by atoms with Crippen molar-refractivity contribution in [3.05, 3.63) is 46.9 Å². The Labute approximate surface area is 112 Å². The van der Waals surface area contributed by atoms with Crippen molar-refractivity contribution in [2.45, 2.75) is 39.8 Å². The van der Waals surface area contributed by atoms with Gasteiger partial charge in [-0.05, 0) is 39.8 Å². The fourth-order valence-electron chi connectivity index (χ4n) is 2.30. The van der Waals surface area contributed by atoms with E-state index in [1.54, 1.807) is 6.07 Å². The number of hydrogen-bond donors (Lipinski definition) is 1. The molecule has 2 unspecified atom stereocenters. The summed E-state index contributed by atoms with van der Waals surface area (Å²) in [6.07, 6.45) is 1.23. The summed E-state index contributed by atoms with van der Waals surface area (Å²) >= 11 is 0. The van der Waals surface area contributed by atoms with Gasteiger partial charge in [-0.15, -0.1) is 0 Å². The summed E-state index contributed by atoms with van der Waals surface area (Å²) in [6, 6.07) is 3.21. The smallest absolute Gasteiger partial charge is 0.141 e. The van der Waals surface area contributed by atoms with E-state index in [0.717, 1.165) is 22.7 Å². The highest BCUT2D eigenvalue weighted by Gasteiger charge is 2.18. The summed E-state index contributed by atoms with van der Waals surface area (Å²) in [4.78, 5) is 4.08. The van der Waals surface area contributed by atoms with E-state index >= 15 is 0 Å². The first-order chi connectivity index (χ1) is 8.99. The monoisotopic (exact) mass is 263 g/mol. The Bertz CT molecular complexity index is 531. The molecule has 0 bridgehead atoms. The maximum atomic E-state index is 12.8. The average molecular weight is 263 g/mol. The van der Waals surface area contributed by atoms with Crippen molar-refractivity contribution in [2.75, 3.05) is 0 Å². The van der Waals surface area contributed by atoms with E-state index in [1.807, 2.05) is 27.7 Å². The van der Waals surface area contributed by atoms with Crippen molar-refractivity contribution < 1.29 is 8.91 Å². The van der Waals surface area contributed by atoms with Gasteiger partial charge in [0.1, 0.15) is 11.6 Å². The Morgan fingerprint density at radius 3 is 2.47 bits per heavy atom. The van der Waals surface area contributed by atoms with Gasteiger partial charge in [-0.2, -0.15) is 0 Å². The van der Waals surface area contributed by atoms with E-state index in [0.29, 0.717) is 0 Å². The van der Waals surface area contributed by atoms with Gasteiger partial charge in [-0.25, -0.2) is 4.39 Å². The number of nitrogens with zero attached hydrogens (tertiary/aromatic N) is 2. The lowest BCUT2D eigenvalue weighted by Gasteiger charge is -2.19. The third-order valence-electron chi connectivity index (χ3n) is 3.22. The molecule has 0 aliphatic heterocycles. The van der Waals surface area contributed by atoms with Crippen LogP contribution >= 0.6 is 0 Å². The van der Waals surface area contributed by atoms with Crippen molar-refractivity contribution >= 4 is 0 Å². The quantitative estimate of drug-likeness (QED) is 0.920. The zero-order chi connectivity index (χ0) is 14.0. The van der Waals surface area contributed by atoms with Crippen LogP contribution in [-0.2, 0) is 0 Å². The highest BCUT2D eigenvalue weighted by Crippen LogP contribution is 2.23. The van der Waals surface area contributed by atoms with Crippen LogP contribution in [0.4, 0.5) is 4.39 Å². The minimum absolute atomic E-state index is 0.0179. The lowest BCUT2D eigenvalue weighted by molar-refractivity contribution is 0.389. The van der Waals surface area contributed by atoms with Crippen LogP contribution in [0.2, 0.25) is 0 Å². The van der Waals surface area contributed by atoms with Crippen molar-refractivity contribution in [1.29, 1.82) is 0 Å². The molecule has 0 aliphatic rings. The van der Waals surface area contributed by atoms with Gasteiger partial charge >= 0.3 is 0 Å². The summed E-state index contributed by atoms with van der Waals surface area (Å²) in [5.74, 6) is 0.492. The van der Waals surface area contributed by atoms with Gasteiger partial charge in [0.25, 0.3) is 0 Å². The third kappa shape index (κ3) is 2.98. The van der Waals surface area contributed by atoms with Crippen molar-refractivity contribution in [2.24, 2.45) is 0 Å². The Balaban J connectivity index is 2.10. The lowest BCUT2D eigenvalue weighted by Crippen LogP contribution is -2.24. The van der Waals surface area contributed by atoms with Crippen LogP contribution in [0.15, 0.2) is 22.9 Å². The lowest BCUT2D eigenvalue weighted by atomic mass is 10.1. The van der Waals surface area contributed by atoms with E-state index in [-0.39, 0.29) is 17.9 Å². The molecule has 0 saturated heterocycles. The Morgan fingerprint density at radius 1 is 1.21 bits per heavy atom. The summed E-state index contributed by atoms with van der Waals surface area (Å²) in [7, 11) is 0. The van der Waals surface area contributed by atoms with Crippen LogP contribution in [0.1, 0.15) is 48.6 Å². The topological polar surface area (TPSA) is 51.0 Å². The van der Waals surface area contributed by atoms with Crippen LogP contribution in [-0.4, -0.2) is 10.1 Å². The molecular weight excluding hydrogens is 245 g/mol. The maximum Gasteiger partial charge on any atom is 0.141 e. The van der Waals surface area contributed by atoms with Gasteiger partial charge in [0, 0.05) is 17.6 Å². The van der Waals surface area contributed by atoms with E-state index in [1.165, 1.54) is 12.3 Å². The van der Waals surface area contributed by atoms with Crippen LogP contribution in [0.3, 0.4) is 0 Å². The summed E-state index contributed by atoms with van der Waals surface area (Å²) < 4.78 is 18.0. The molecule has 2 heterocycles. The number of pyridine rings is 1. The molecule has 19 heavy (non-hydrogen) atoms. The first kappa shape index (κ1) is 13.7. The van der Waals surface area contributed by atoms with E-state index in [9.17, 15) is 4.39 Å². The van der Waals surface area contributed by atoms with Gasteiger partial charge in [0.2, 0.25) is 0 Å². The zero-order valence-corrected chi connectivity index (χ0v) is 11.6. The number of aryl methyl sites for hydroxylation is 2. The standard InChI is InChI=1S/C14H18FN3O/c1-8(13-6-5-12(15)7-16-13)17-9(2)14-10(3)18-19-11(14)4/h5-9,17H,1-4H3. The van der Waals surface area contributed by atoms with E-state index < -0.39 is 0 Å². The number of aromatic nitrogens is 2. The third-order valence-corrected chi connectivity index (χ3v) is 3.22. The Morgan fingerprint density at radius 2 is 1.95 bits per heavy atom. The molecule has 2 aromatic heterocycles. The molecular formula is C14H18FN3O. The highest BCUT2D eigenvalue weighted by atomic mass is 19.1. The van der Waals surface area contributed by atoms with Crippen LogP contribution in [0.25, 0.3) is 0 Å². The van der Waals surface area contributed by atoms with Gasteiger partial charge < -0.3 is 9.84 Å². The molecule has 1 N–H and O–H groups in total. The molecule has 0 saturated carbocycles. The molecule has 0 aliphatic carbocycles. The van der Waals surface area contributed by atoms with Gasteiger partial charge in [-0.1, -0.05) is 5.16 Å². The molecule has 0 aromatic carbocycles. The molecule has 0 spiro atoms. The fourth-order valence-corrected chi connectivity index (χ4v) is 2.30. The predicted molar refractivity (Wildman–Crippen MR) is 70.1 cm³/mol. The first-order valence-electron chi connectivity index (χ1n) is 6.29. The molecule has 5 heteroatoms. The minimum Gasteiger partial charge on any atom is -0.361 e. The van der Waals surface area contributed by atoms with Crippen molar-refractivity contribution in [1.82, 2.24) is 15.5 Å². The number of nitrogens with one attached hydrogen (secondary N) is 1. The molecule has 2 rings (SSSR count). The number of rotatable bonds is 4. The minimum atomic E-state index is -0.324. The molecule has 4 nitrogen and oxygen atoms in total. The van der Waals surface area contributed by atoms with Gasteiger partial charge in [0.05, 0.1) is 17.6 Å². The summed E-state index contributed by atoms with van der Waals surface area (Å²) in [5, 5.41) is 7.36. The van der Waals surface area contributed by atoms with Gasteiger partial charge in [0.15, 0.2) is 0 Å². The largest absolute Gasteiger partial charge is 0.361 e. The van der Waals surface area contributed by atoms with Crippen LogP contribution in [0, 0.1) is 19.7 Å². The molecule has 2 atom stereocenters. The van der Waals surface area contributed by atoms with Crippen molar-refractivity contribution in [3.63, 3.8) is 0 Å². The molecule has 102 valence electrons. The van der Waals surface area contributed by atoms with E-state index in [4.69, 9.17) is 4.52 Å². The normalized spacial score (nSPS) is 14.4. The zero-order valence-electron chi connectivity index (χ0n) is 11.6. The Hall–Kier alpha value is -1.75. The first-order valence-corrected chi connectivity index (χ1v) is 6.29. The fraction of sp³-hybridized carbons (Fsp3) is 0.429. The SMILES string of the molecule is Cc1noc(C)c1C(C)NC(C)c1ccc(F)cn1. The van der Waals surface area contributed by atoms with Gasteiger partial charge in [-0.3, -0.25) is 4.98 Å². The summed E-state index contributed by atoms with van der Waals surface area (Å²) in [5.41, 5.74) is 2.76. The molecule has 0 fully saturated rings. The van der Waals surface area contributed by atoms with E-state index in [2.05, 4.69) is 15.5 Å². The second-order valence-corrected chi connectivity index (χ2v) is 4.75. The maximum absolute atomic E-state index is 12.8. The summed E-state index contributed by atoms with van der Waals surface area (Å²) in [6.45, 7) is 7.86. The number of halogens is 1. The van der Waals surface area contributed by atoms with Crippen LogP contribution < -0.4 is 5.32 Å². The molecule has 0 amide bonds. The van der Waals surface area contributed by atoms with Crippen molar-refractivity contribution in [3.8, 4) is 0 Å². The second-order valence-electron chi connectivity index (χ2n) is 4.75. The number of hydrogen-bond acceptors (Lipinski definition) is 4. The predicted octanol–water partition coefficient (Wildman–Crippen LogP) is 3.24. The van der Waals surface area contributed by atoms with Crippen LogP contribution in [0.5, 0.6) is 0 Å². The highest BCUT2D eigenvalue weighted by molar-refractivity contribution is 5.25. The molecule has 0 radical (unpaired) electrons. The average Bonchev–Trinajstić information content (AvgIpc) is 2.69. The second kappa shape index (κ2) is 5.48. The Kier molecular flexibility index (Phi) is 3.95. The molecule has 2 aromatic rings.